The first kappa shape index (κ1) is 12.7. The molecule has 13 heavy (non-hydrogen) atoms. The van der Waals surface area contributed by atoms with E-state index in [0.717, 1.165) is 32.8 Å². The molecule has 0 unspecified atom stereocenters. The van der Waals surface area contributed by atoms with Crippen molar-refractivity contribution >= 4 is 18.4 Å². The zero-order valence-electron chi connectivity index (χ0n) is 7.82. The average molecular weight is 210 g/mol. The third-order valence-electron chi connectivity index (χ3n) is 1.96. The fourth-order valence-corrected chi connectivity index (χ4v) is 1.18. The largest absolute Gasteiger partial charge is 0.469 e. The van der Waals surface area contributed by atoms with Crippen LogP contribution in [0.1, 0.15) is 6.42 Å². The second kappa shape index (κ2) is 7.12. The minimum Gasteiger partial charge on any atom is -0.469 e. The van der Waals surface area contributed by atoms with Crippen LogP contribution in [0.4, 0.5) is 0 Å². The fourth-order valence-electron chi connectivity index (χ4n) is 1.18. The molecule has 0 N–H and O–H groups in total. The number of carbonyl (C=O) groups excluding carboxylic acids is 1. The Morgan fingerprint density at radius 3 is 2.62 bits per heavy atom. The van der Waals surface area contributed by atoms with Gasteiger partial charge in [-0.3, -0.25) is 9.69 Å². The summed E-state index contributed by atoms with van der Waals surface area (Å²) in [4.78, 5) is 13.0. The van der Waals surface area contributed by atoms with Crippen molar-refractivity contribution in [2.24, 2.45) is 0 Å². The van der Waals surface area contributed by atoms with Crippen molar-refractivity contribution in [2.75, 3.05) is 40.0 Å². The van der Waals surface area contributed by atoms with E-state index in [9.17, 15) is 4.79 Å². The Balaban J connectivity index is 0.00000144. The van der Waals surface area contributed by atoms with Crippen molar-refractivity contribution in [1.29, 1.82) is 0 Å². The predicted octanol–water partition coefficient (Wildman–Crippen LogP) is 0.303. The number of carbonyl (C=O) groups is 1. The van der Waals surface area contributed by atoms with Crippen LogP contribution >= 0.6 is 12.4 Å². The van der Waals surface area contributed by atoms with Crippen LogP contribution in [-0.2, 0) is 14.3 Å². The number of ether oxygens (including phenoxy) is 2. The Morgan fingerprint density at radius 2 is 2.08 bits per heavy atom. The Labute approximate surface area is 84.6 Å². The fraction of sp³-hybridized carbons (Fsp3) is 0.875. The second-order valence-electron chi connectivity index (χ2n) is 2.78. The first-order valence-corrected chi connectivity index (χ1v) is 4.20. The van der Waals surface area contributed by atoms with E-state index in [1.807, 2.05) is 0 Å². The van der Waals surface area contributed by atoms with Gasteiger partial charge in [-0.05, 0) is 0 Å². The van der Waals surface area contributed by atoms with Crippen LogP contribution in [0.25, 0.3) is 0 Å². The van der Waals surface area contributed by atoms with E-state index in [1.165, 1.54) is 7.11 Å². The summed E-state index contributed by atoms with van der Waals surface area (Å²) in [5, 5.41) is 0. The molecule has 0 aromatic carbocycles. The van der Waals surface area contributed by atoms with E-state index in [0.29, 0.717) is 6.42 Å². The van der Waals surface area contributed by atoms with Gasteiger partial charge < -0.3 is 9.47 Å². The summed E-state index contributed by atoms with van der Waals surface area (Å²) in [7, 11) is 1.42. The van der Waals surface area contributed by atoms with E-state index >= 15 is 0 Å². The number of hydrogen-bond donors (Lipinski definition) is 0. The van der Waals surface area contributed by atoms with Crippen molar-refractivity contribution in [1.82, 2.24) is 4.90 Å². The van der Waals surface area contributed by atoms with Crippen LogP contribution in [0.2, 0.25) is 0 Å². The van der Waals surface area contributed by atoms with E-state index in [1.54, 1.807) is 0 Å². The van der Waals surface area contributed by atoms with Crippen LogP contribution in [-0.4, -0.2) is 50.8 Å². The molecule has 0 saturated carbocycles. The zero-order chi connectivity index (χ0) is 8.81. The number of hydrogen-bond acceptors (Lipinski definition) is 4. The molecule has 0 aromatic heterocycles. The number of methoxy groups -OCH3 is 1. The quantitative estimate of drug-likeness (QED) is 0.627. The molecular formula is C8H16ClNO3. The molecule has 1 heterocycles. The average Bonchev–Trinajstić information content (AvgIpc) is 2.16. The standard InChI is InChI=1S/C8H15NO3.ClH/c1-11-8(10)2-3-9-4-6-12-7-5-9;/h2-7H2,1H3;1H. The van der Waals surface area contributed by atoms with Crippen LogP contribution < -0.4 is 0 Å². The molecule has 1 fully saturated rings. The SMILES string of the molecule is COC(=O)CCN1CCOCC1.Cl. The highest BCUT2D eigenvalue weighted by Crippen LogP contribution is 1.98. The van der Waals surface area contributed by atoms with Crippen LogP contribution in [0.3, 0.4) is 0 Å². The highest BCUT2D eigenvalue weighted by atomic mass is 35.5. The van der Waals surface area contributed by atoms with Gasteiger partial charge in [-0.25, -0.2) is 0 Å². The topological polar surface area (TPSA) is 38.8 Å². The van der Waals surface area contributed by atoms with Gasteiger partial charge in [0.2, 0.25) is 0 Å². The number of rotatable bonds is 3. The maximum atomic E-state index is 10.8. The van der Waals surface area contributed by atoms with Gasteiger partial charge in [0.15, 0.2) is 0 Å². The first-order chi connectivity index (χ1) is 5.83. The molecule has 0 aliphatic carbocycles. The summed E-state index contributed by atoms with van der Waals surface area (Å²) in [5.41, 5.74) is 0. The van der Waals surface area contributed by atoms with Gasteiger partial charge in [-0.2, -0.15) is 0 Å². The van der Waals surface area contributed by atoms with Gasteiger partial charge in [0.25, 0.3) is 0 Å². The molecular weight excluding hydrogens is 194 g/mol. The minimum atomic E-state index is -0.138. The van der Waals surface area contributed by atoms with Crippen molar-refractivity contribution in [3.05, 3.63) is 0 Å². The minimum absolute atomic E-state index is 0. The third-order valence-corrected chi connectivity index (χ3v) is 1.96. The first-order valence-electron chi connectivity index (χ1n) is 4.20. The molecule has 1 rings (SSSR count). The zero-order valence-corrected chi connectivity index (χ0v) is 8.64. The predicted molar refractivity (Wildman–Crippen MR) is 51.1 cm³/mol. The number of morpholine rings is 1. The lowest BCUT2D eigenvalue weighted by molar-refractivity contribution is -0.141. The molecule has 0 spiro atoms. The molecule has 0 bridgehead atoms. The third kappa shape index (κ3) is 5.08. The molecule has 0 amide bonds. The Bertz CT molecular complexity index is 148. The van der Waals surface area contributed by atoms with Crippen LogP contribution in [0, 0.1) is 0 Å². The van der Waals surface area contributed by atoms with Crippen molar-refractivity contribution in [3.8, 4) is 0 Å². The summed E-state index contributed by atoms with van der Waals surface area (Å²) < 4.78 is 9.72. The highest BCUT2D eigenvalue weighted by Gasteiger charge is 2.11. The maximum absolute atomic E-state index is 10.8. The van der Waals surface area contributed by atoms with E-state index in [4.69, 9.17) is 4.74 Å². The molecule has 0 aromatic rings. The smallest absolute Gasteiger partial charge is 0.306 e. The van der Waals surface area contributed by atoms with Gasteiger partial charge >= 0.3 is 5.97 Å². The normalized spacial score (nSPS) is 17.6. The summed E-state index contributed by atoms with van der Waals surface area (Å²) in [6.45, 7) is 4.20. The van der Waals surface area contributed by atoms with E-state index in [2.05, 4.69) is 9.64 Å². The molecule has 1 saturated heterocycles. The second-order valence-corrected chi connectivity index (χ2v) is 2.78. The molecule has 5 heteroatoms. The summed E-state index contributed by atoms with van der Waals surface area (Å²) >= 11 is 0. The number of nitrogens with zero attached hydrogens (tertiary/aromatic N) is 1. The monoisotopic (exact) mass is 209 g/mol. The van der Waals surface area contributed by atoms with Gasteiger partial charge in [0, 0.05) is 19.6 Å². The van der Waals surface area contributed by atoms with E-state index < -0.39 is 0 Å². The van der Waals surface area contributed by atoms with Crippen LogP contribution in [0.15, 0.2) is 0 Å². The molecule has 1 aliphatic rings. The van der Waals surface area contributed by atoms with Crippen molar-refractivity contribution in [3.63, 3.8) is 0 Å². The van der Waals surface area contributed by atoms with Gasteiger partial charge in [0.05, 0.1) is 26.7 Å². The molecule has 0 radical (unpaired) electrons. The summed E-state index contributed by atoms with van der Waals surface area (Å²) in [6.07, 6.45) is 0.483. The number of halogens is 1. The lowest BCUT2D eigenvalue weighted by Gasteiger charge is -2.25. The lowest BCUT2D eigenvalue weighted by Crippen LogP contribution is -2.37. The van der Waals surface area contributed by atoms with Gasteiger partial charge in [-0.15, -0.1) is 12.4 Å². The number of esters is 1. The summed E-state index contributed by atoms with van der Waals surface area (Å²) in [5.74, 6) is -0.138. The van der Waals surface area contributed by atoms with Crippen molar-refractivity contribution < 1.29 is 14.3 Å². The van der Waals surface area contributed by atoms with E-state index in [-0.39, 0.29) is 18.4 Å². The Kier molecular flexibility index (Phi) is 6.94. The van der Waals surface area contributed by atoms with Gasteiger partial charge in [0.1, 0.15) is 0 Å². The molecule has 4 nitrogen and oxygen atoms in total. The van der Waals surface area contributed by atoms with Crippen LogP contribution in [0.5, 0.6) is 0 Å². The lowest BCUT2D eigenvalue weighted by atomic mass is 10.3. The molecule has 0 atom stereocenters. The Hall–Kier alpha value is -0.320. The molecule has 1 aliphatic heterocycles. The van der Waals surface area contributed by atoms with Gasteiger partial charge in [-0.1, -0.05) is 0 Å². The summed E-state index contributed by atoms with van der Waals surface area (Å²) in [6, 6.07) is 0. The molecule has 78 valence electrons. The maximum Gasteiger partial charge on any atom is 0.306 e. The van der Waals surface area contributed by atoms with Crippen molar-refractivity contribution in [2.45, 2.75) is 6.42 Å². The Morgan fingerprint density at radius 1 is 1.46 bits per heavy atom. The highest BCUT2D eigenvalue weighted by molar-refractivity contribution is 5.85.